The topological polar surface area (TPSA) is 73.3 Å². The number of guanidine groups is 1. The van der Waals surface area contributed by atoms with Crippen molar-refractivity contribution in [2.75, 3.05) is 40.0 Å². The second-order valence-electron chi connectivity index (χ2n) is 6.20. The van der Waals surface area contributed by atoms with E-state index >= 15 is 0 Å². The van der Waals surface area contributed by atoms with Gasteiger partial charge < -0.3 is 29.6 Å². The van der Waals surface area contributed by atoms with E-state index < -0.39 is 6.61 Å². The summed E-state index contributed by atoms with van der Waals surface area (Å²) in [6.45, 7) is 2.91. The Bertz CT molecular complexity index is 611. The first-order chi connectivity index (χ1) is 13.6. The number of hydrogen-bond donors (Lipinski definition) is 2. The lowest BCUT2D eigenvalue weighted by atomic mass is 10.2. The van der Waals surface area contributed by atoms with Crippen LogP contribution in [0.25, 0.3) is 0 Å². The highest BCUT2D eigenvalue weighted by Gasteiger charge is 2.15. The summed E-state index contributed by atoms with van der Waals surface area (Å²) in [7, 11) is 1.40. The van der Waals surface area contributed by atoms with Crippen molar-refractivity contribution in [3.05, 3.63) is 23.8 Å². The van der Waals surface area contributed by atoms with Crippen LogP contribution in [0.3, 0.4) is 0 Å². The molecule has 1 heterocycles. The molecular formula is C19H29F2N3O4. The Morgan fingerprint density at radius 2 is 2.18 bits per heavy atom. The Kier molecular flexibility index (Phi) is 9.78. The number of nitrogens with one attached hydrogen (secondary N) is 2. The molecule has 0 spiro atoms. The van der Waals surface area contributed by atoms with Crippen LogP contribution in [-0.4, -0.2) is 58.7 Å². The van der Waals surface area contributed by atoms with E-state index in [1.165, 1.54) is 13.2 Å². The van der Waals surface area contributed by atoms with Gasteiger partial charge in [0, 0.05) is 26.3 Å². The third-order valence-electron chi connectivity index (χ3n) is 4.06. The van der Waals surface area contributed by atoms with E-state index in [1.54, 1.807) is 12.1 Å². The molecular weight excluding hydrogens is 372 g/mol. The highest BCUT2D eigenvalue weighted by atomic mass is 19.3. The van der Waals surface area contributed by atoms with Gasteiger partial charge in [-0.1, -0.05) is 6.07 Å². The Morgan fingerprint density at radius 3 is 2.86 bits per heavy atom. The molecule has 1 aliphatic rings. The van der Waals surface area contributed by atoms with E-state index in [0.717, 1.165) is 25.0 Å². The molecule has 28 heavy (non-hydrogen) atoms. The summed E-state index contributed by atoms with van der Waals surface area (Å²) in [5, 5.41) is 6.39. The molecule has 2 rings (SSSR count). The van der Waals surface area contributed by atoms with Crippen molar-refractivity contribution < 1.29 is 27.7 Å². The van der Waals surface area contributed by atoms with E-state index in [9.17, 15) is 8.78 Å². The molecule has 0 aliphatic carbocycles. The molecule has 7 nitrogen and oxygen atoms in total. The monoisotopic (exact) mass is 401 g/mol. The summed E-state index contributed by atoms with van der Waals surface area (Å²) in [5.74, 6) is 0.903. The first-order valence-corrected chi connectivity index (χ1v) is 9.45. The van der Waals surface area contributed by atoms with Crippen molar-refractivity contribution in [3.63, 3.8) is 0 Å². The van der Waals surface area contributed by atoms with Crippen molar-refractivity contribution >= 4 is 5.96 Å². The van der Waals surface area contributed by atoms with E-state index in [2.05, 4.69) is 20.4 Å². The Morgan fingerprint density at radius 1 is 1.32 bits per heavy atom. The van der Waals surface area contributed by atoms with Gasteiger partial charge in [0.05, 0.1) is 26.4 Å². The smallest absolute Gasteiger partial charge is 0.387 e. The lowest BCUT2D eigenvalue weighted by molar-refractivity contribution is -0.0512. The van der Waals surface area contributed by atoms with Crippen LogP contribution in [0.15, 0.2) is 23.2 Å². The van der Waals surface area contributed by atoms with Crippen molar-refractivity contribution in [2.45, 2.75) is 39.0 Å². The van der Waals surface area contributed by atoms with Gasteiger partial charge in [0.25, 0.3) is 0 Å². The first kappa shape index (κ1) is 22.2. The predicted octanol–water partition coefficient (Wildman–Crippen LogP) is 2.55. The molecule has 158 valence electrons. The second-order valence-corrected chi connectivity index (χ2v) is 6.20. The Labute approximate surface area is 164 Å². The number of aliphatic imine (C=N–C) groups is 1. The molecule has 1 fully saturated rings. The van der Waals surface area contributed by atoms with Gasteiger partial charge in [0.2, 0.25) is 0 Å². The molecule has 0 radical (unpaired) electrons. The number of benzene rings is 1. The summed E-state index contributed by atoms with van der Waals surface area (Å²) < 4.78 is 45.6. The molecule has 1 saturated heterocycles. The van der Waals surface area contributed by atoms with Gasteiger partial charge >= 0.3 is 6.61 Å². The van der Waals surface area contributed by atoms with E-state index in [1.807, 2.05) is 6.92 Å². The average molecular weight is 401 g/mol. The lowest BCUT2D eigenvalue weighted by Crippen LogP contribution is -2.38. The van der Waals surface area contributed by atoms with Crippen LogP contribution in [0.4, 0.5) is 8.78 Å². The maximum absolute atomic E-state index is 12.5. The number of methoxy groups -OCH3 is 1. The third-order valence-corrected chi connectivity index (χ3v) is 4.06. The Hall–Kier alpha value is -2.13. The molecule has 1 aliphatic heterocycles. The summed E-state index contributed by atoms with van der Waals surface area (Å²) in [5.41, 5.74) is 0.734. The van der Waals surface area contributed by atoms with Gasteiger partial charge in [-0.2, -0.15) is 8.78 Å². The Balaban J connectivity index is 1.83. The van der Waals surface area contributed by atoms with Gasteiger partial charge in [-0.25, -0.2) is 4.99 Å². The van der Waals surface area contributed by atoms with Crippen LogP contribution in [0, 0.1) is 0 Å². The molecule has 0 bridgehead atoms. The maximum Gasteiger partial charge on any atom is 0.387 e. The van der Waals surface area contributed by atoms with Crippen LogP contribution in [0.1, 0.15) is 25.3 Å². The predicted molar refractivity (Wildman–Crippen MR) is 102 cm³/mol. The minimum absolute atomic E-state index is 0.00352. The molecule has 1 unspecified atom stereocenters. The summed E-state index contributed by atoms with van der Waals surface area (Å²) in [6.07, 6.45) is 2.01. The summed E-state index contributed by atoms with van der Waals surface area (Å²) >= 11 is 0. The standard InChI is InChI=1S/C19H29F2N3O4/c1-3-22-19(23-8-4-9-27-15-7-10-26-13-15)24-12-14-5-6-16(25-2)17(11-14)28-18(20)21/h5-6,11,15,18H,3-4,7-10,12-13H2,1-2H3,(H2,22,23,24). The van der Waals surface area contributed by atoms with Crippen molar-refractivity contribution in [3.8, 4) is 11.5 Å². The molecule has 1 atom stereocenters. The zero-order chi connectivity index (χ0) is 20.2. The van der Waals surface area contributed by atoms with E-state index in [0.29, 0.717) is 38.8 Å². The minimum Gasteiger partial charge on any atom is -0.493 e. The fourth-order valence-electron chi connectivity index (χ4n) is 2.69. The highest BCUT2D eigenvalue weighted by Crippen LogP contribution is 2.29. The number of ether oxygens (including phenoxy) is 4. The summed E-state index contributed by atoms with van der Waals surface area (Å²) in [6, 6.07) is 4.87. The lowest BCUT2D eigenvalue weighted by Gasteiger charge is -2.13. The first-order valence-electron chi connectivity index (χ1n) is 9.45. The zero-order valence-corrected chi connectivity index (χ0v) is 16.4. The molecule has 0 amide bonds. The van der Waals surface area contributed by atoms with Crippen LogP contribution in [0.5, 0.6) is 11.5 Å². The zero-order valence-electron chi connectivity index (χ0n) is 16.4. The highest BCUT2D eigenvalue weighted by molar-refractivity contribution is 5.79. The fourth-order valence-corrected chi connectivity index (χ4v) is 2.69. The minimum atomic E-state index is -2.91. The summed E-state index contributed by atoms with van der Waals surface area (Å²) in [4.78, 5) is 4.48. The fraction of sp³-hybridized carbons (Fsp3) is 0.632. The molecule has 0 saturated carbocycles. The van der Waals surface area contributed by atoms with Crippen LogP contribution in [0.2, 0.25) is 0 Å². The number of alkyl halides is 2. The average Bonchev–Trinajstić information content (AvgIpc) is 3.19. The number of rotatable bonds is 11. The molecule has 9 heteroatoms. The molecule has 0 aromatic heterocycles. The van der Waals surface area contributed by atoms with Crippen molar-refractivity contribution in [1.82, 2.24) is 10.6 Å². The van der Waals surface area contributed by atoms with E-state index in [-0.39, 0.29) is 17.6 Å². The van der Waals surface area contributed by atoms with Crippen LogP contribution < -0.4 is 20.1 Å². The number of halogens is 2. The van der Waals surface area contributed by atoms with Crippen LogP contribution >= 0.6 is 0 Å². The SMILES string of the molecule is CCNC(=NCc1ccc(OC)c(OC(F)F)c1)NCCCOC1CCOC1. The normalized spacial score (nSPS) is 17.0. The third kappa shape index (κ3) is 7.85. The van der Waals surface area contributed by atoms with Gasteiger partial charge in [-0.15, -0.1) is 0 Å². The van der Waals surface area contributed by atoms with Gasteiger partial charge in [-0.05, 0) is 37.5 Å². The molecule has 1 aromatic carbocycles. The van der Waals surface area contributed by atoms with Crippen molar-refractivity contribution in [1.29, 1.82) is 0 Å². The molecule has 1 aromatic rings. The van der Waals surface area contributed by atoms with Gasteiger partial charge in [0.1, 0.15) is 0 Å². The quantitative estimate of drug-likeness (QED) is 0.337. The number of nitrogens with zero attached hydrogens (tertiary/aromatic N) is 1. The van der Waals surface area contributed by atoms with E-state index in [4.69, 9.17) is 14.2 Å². The van der Waals surface area contributed by atoms with Crippen molar-refractivity contribution in [2.24, 2.45) is 4.99 Å². The maximum atomic E-state index is 12.5. The van der Waals surface area contributed by atoms with Crippen LogP contribution in [-0.2, 0) is 16.0 Å². The molecule has 2 N–H and O–H groups in total. The largest absolute Gasteiger partial charge is 0.493 e. The second kappa shape index (κ2) is 12.4. The van der Waals surface area contributed by atoms with Gasteiger partial charge in [0.15, 0.2) is 17.5 Å². The number of hydrogen-bond acceptors (Lipinski definition) is 5. The van der Waals surface area contributed by atoms with Gasteiger partial charge in [-0.3, -0.25) is 0 Å².